The largest absolute Gasteiger partial charge is 0.444 e. The minimum absolute atomic E-state index is 0.0641. The molecule has 2 amide bonds. The third kappa shape index (κ3) is 4.12. The normalized spacial score (nSPS) is 21.5. The molecule has 120 valence electrons. The smallest absolute Gasteiger partial charge is 0.411 e. The minimum Gasteiger partial charge on any atom is -0.444 e. The summed E-state index contributed by atoms with van der Waals surface area (Å²) < 4.78 is 18.9. The number of ether oxygens (including phenoxy) is 1. The zero-order valence-corrected chi connectivity index (χ0v) is 12.7. The van der Waals surface area contributed by atoms with Gasteiger partial charge >= 0.3 is 6.09 Å². The molecule has 22 heavy (non-hydrogen) atoms. The molecular weight excluding hydrogens is 291 g/mol. The van der Waals surface area contributed by atoms with Crippen LogP contribution in [0.2, 0.25) is 0 Å². The molecule has 2 atom stereocenters. The van der Waals surface area contributed by atoms with Gasteiger partial charge < -0.3 is 10.1 Å². The summed E-state index contributed by atoms with van der Waals surface area (Å²) in [4.78, 5) is 25.5. The number of alkyl halides is 1. The molecule has 2 heterocycles. The number of anilines is 1. The quantitative estimate of drug-likeness (QED) is 0.900. The lowest BCUT2D eigenvalue weighted by molar-refractivity contribution is -0.120. The van der Waals surface area contributed by atoms with Gasteiger partial charge in [0, 0.05) is 12.6 Å². The fourth-order valence-electron chi connectivity index (χ4n) is 2.13. The van der Waals surface area contributed by atoms with Crippen molar-refractivity contribution in [3.05, 3.63) is 18.3 Å². The maximum atomic E-state index is 13.7. The zero-order valence-electron chi connectivity index (χ0n) is 12.7. The Hall–Kier alpha value is -2.25. The number of amides is 2. The number of carbonyl (C=O) groups is 2. The second kappa shape index (κ2) is 6.25. The summed E-state index contributed by atoms with van der Waals surface area (Å²) in [5, 5.41) is 9.89. The molecule has 1 fully saturated rings. The van der Waals surface area contributed by atoms with Crippen LogP contribution in [0.4, 0.5) is 15.0 Å². The molecule has 2 unspecified atom stereocenters. The molecule has 7 nitrogen and oxygen atoms in total. The summed E-state index contributed by atoms with van der Waals surface area (Å²) in [6.07, 6.45) is -0.557. The van der Waals surface area contributed by atoms with E-state index in [-0.39, 0.29) is 18.8 Å². The van der Waals surface area contributed by atoms with E-state index in [1.54, 1.807) is 32.9 Å². The van der Waals surface area contributed by atoms with Crippen LogP contribution >= 0.6 is 0 Å². The van der Waals surface area contributed by atoms with Crippen molar-refractivity contribution in [2.45, 2.75) is 45.0 Å². The molecule has 0 radical (unpaired) electrons. The van der Waals surface area contributed by atoms with Crippen LogP contribution in [0.5, 0.6) is 0 Å². The molecule has 0 saturated carbocycles. The molecule has 1 saturated heterocycles. The van der Waals surface area contributed by atoms with Gasteiger partial charge in [-0.25, -0.2) is 9.18 Å². The average molecular weight is 310 g/mol. The number of aromatic nitrogens is 2. The van der Waals surface area contributed by atoms with Crippen LogP contribution in [-0.4, -0.2) is 51.5 Å². The Balaban J connectivity index is 2.07. The first-order chi connectivity index (χ1) is 10.3. The van der Waals surface area contributed by atoms with E-state index in [2.05, 4.69) is 15.5 Å². The van der Waals surface area contributed by atoms with E-state index in [9.17, 15) is 14.0 Å². The van der Waals surface area contributed by atoms with E-state index < -0.39 is 29.8 Å². The minimum atomic E-state index is -1.26. The Morgan fingerprint density at radius 1 is 1.45 bits per heavy atom. The van der Waals surface area contributed by atoms with Gasteiger partial charge in [-0.05, 0) is 32.9 Å². The van der Waals surface area contributed by atoms with Crippen molar-refractivity contribution < 1.29 is 18.7 Å². The number of hydrogen-bond donors (Lipinski definition) is 1. The number of nitrogens with one attached hydrogen (secondary N) is 1. The van der Waals surface area contributed by atoms with Gasteiger partial charge in [-0.3, -0.25) is 9.69 Å². The van der Waals surface area contributed by atoms with Crippen molar-refractivity contribution in [3.8, 4) is 0 Å². The zero-order chi connectivity index (χ0) is 16.3. The molecule has 1 aromatic rings. The monoisotopic (exact) mass is 310 g/mol. The second-order valence-electron chi connectivity index (χ2n) is 6.08. The summed E-state index contributed by atoms with van der Waals surface area (Å²) in [6, 6.07) is 2.25. The van der Waals surface area contributed by atoms with Crippen LogP contribution in [0.25, 0.3) is 0 Å². The van der Waals surface area contributed by atoms with Crippen LogP contribution in [0.3, 0.4) is 0 Å². The Bertz CT molecular complexity index is 547. The SMILES string of the molecule is CC(C)(C)OC(=O)N1CC(F)CC1C(=O)Nc1cccnn1. The highest BCUT2D eigenvalue weighted by atomic mass is 19.1. The van der Waals surface area contributed by atoms with Crippen molar-refractivity contribution in [1.82, 2.24) is 15.1 Å². The number of hydrogen-bond acceptors (Lipinski definition) is 5. The van der Waals surface area contributed by atoms with Gasteiger partial charge in [-0.2, -0.15) is 5.10 Å². The fourth-order valence-corrected chi connectivity index (χ4v) is 2.13. The maximum Gasteiger partial charge on any atom is 0.411 e. The van der Waals surface area contributed by atoms with E-state index in [4.69, 9.17) is 4.74 Å². The van der Waals surface area contributed by atoms with E-state index in [1.807, 2.05) is 0 Å². The van der Waals surface area contributed by atoms with Gasteiger partial charge in [0.05, 0.1) is 6.54 Å². The predicted molar refractivity (Wildman–Crippen MR) is 76.9 cm³/mol. The number of halogens is 1. The summed E-state index contributed by atoms with van der Waals surface area (Å²) in [7, 11) is 0. The highest BCUT2D eigenvalue weighted by molar-refractivity contribution is 5.96. The van der Waals surface area contributed by atoms with Crippen molar-refractivity contribution >= 4 is 17.8 Å². The van der Waals surface area contributed by atoms with Crippen LogP contribution < -0.4 is 5.32 Å². The number of nitrogens with zero attached hydrogens (tertiary/aromatic N) is 3. The van der Waals surface area contributed by atoms with Crippen molar-refractivity contribution in [3.63, 3.8) is 0 Å². The highest BCUT2D eigenvalue weighted by Crippen LogP contribution is 2.24. The van der Waals surface area contributed by atoms with Crippen LogP contribution in [0.1, 0.15) is 27.2 Å². The van der Waals surface area contributed by atoms with Gasteiger partial charge in [0.1, 0.15) is 17.8 Å². The third-order valence-electron chi connectivity index (χ3n) is 3.00. The van der Waals surface area contributed by atoms with Crippen molar-refractivity contribution in [1.29, 1.82) is 0 Å². The molecule has 0 bridgehead atoms. The second-order valence-corrected chi connectivity index (χ2v) is 6.08. The van der Waals surface area contributed by atoms with Crippen LogP contribution in [0.15, 0.2) is 18.3 Å². The van der Waals surface area contributed by atoms with E-state index in [0.29, 0.717) is 0 Å². The summed E-state index contributed by atoms with van der Waals surface area (Å²) >= 11 is 0. The van der Waals surface area contributed by atoms with Gasteiger partial charge in [-0.1, -0.05) is 0 Å². The Morgan fingerprint density at radius 2 is 2.18 bits per heavy atom. The van der Waals surface area contributed by atoms with Gasteiger partial charge in [0.15, 0.2) is 5.82 Å². The highest BCUT2D eigenvalue weighted by Gasteiger charge is 2.41. The Morgan fingerprint density at radius 3 is 2.77 bits per heavy atom. The fraction of sp³-hybridized carbons (Fsp3) is 0.571. The molecule has 0 aromatic carbocycles. The number of likely N-dealkylation sites (tertiary alicyclic amines) is 1. The average Bonchev–Trinajstić information content (AvgIpc) is 2.80. The number of carbonyl (C=O) groups excluding carboxylic acids is 2. The molecule has 1 aliphatic heterocycles. The van der Waals surface area contributed by atoms with Gasteiger partial charge in [-0.15, -0.1) is 5.10 Å². The Kier molecular flexibility index (Phi) is 4.58. The molecule has 1 aromatic heterocycles. The molecule has 0 aliphatic carbocycles. The van der Waals surface area contributed by atoms with Crippen molar-refractivity contribution in [2.24, 2.45) is 0 Å². The third-order valence-corrected chi connectivity index (χ3v) is 3.00. The van der Waals surface area contributed by atoms with Crippen molar-refractivity contribution in [2.75, 3.05) is 11.9 Å². The molecule has 8 heteroatoms. The Labute approximate surface area is 127 Å². The summed E-state index contributed by atoms with van der Waals surface area (Å²) in [5.74, 6) is -0.259. The van der Waals surface area contributed by atoms with Crippen LogP contribution in [-0.2, 0) is 9.53 Å². The predicted octanol–water partition coefficient (Wildman–Crippen LogP) is 1.76. The lowest BCUT2D eigenvalue weighted by Crippen LogP contribution is -2.45. The maximum absolute atomic E-state index is 13.7. The topological polar surface area (TPSA) is 84.4 Å². The van der Waals surface area contributed by atoms with Gasteiger partial charge in [0.25, 0.3) is 0 Å². The molecule has 2 rings (SSSR count). The lowest BCUT2D eigenvalue weighted by Gasteiger charge is -2.27. The summed E-state index contributed by atoms with van der Waals surface area (Å²) in [5.41, 5.74) is -0.711. The standard InChI is InChI=1S/C14H19FN4O3/c1-14(2,3)22-13(21)19-8-9(15)7-10(19)12(20)17-11-5-4-6-16-18-11/h4-6,9-10H,7-8H2,1-3H3,(H,17,18,20). The van der Waals surface area contributed by atoms with Gasteiger partial charge in [0.2, 0.25) is 5.91 Å². The molecule has 1 aliphatic rings. The molecular formula is C14H19FN4O3. The lowest BCUT2D eigenvalue weighted by atomic mass is 10.2. The number of rotatable bonds is 2. The first-order valence-electron chi connectivity index (χ1n) is 6.98. The van der Waals surface area contributed by atoms with E-state index >= 15 is 0 Å². The van der Waals surface area contributed by atoms with E-state index in [1.165, 1.54) is 6.20 Å². The van der Waals surface area contributed by atoms with E-state index in [0.717, 1.165) is 4.90 Å². The first-order valence-corrected chi connectivity index (χ1v) is 6.98. The van der Waals surface area contributed by atoms with Crippen LogP contribution in [0, 0.1) is 0 Å². The molecule has 1 N–H and O–H groups in total. The first kappa shape index (κ1) is 16.1. The molecule has 0 spiro atoms. The summed E-state index contributed by atoms with van der Waals surface area (Å²) in [6.45, 7) is 4.97.